The summed E-state index contributed by atoms with van der Waals surface area (Å²) in [6.07, 6.45) is 0.211. The molecule has 4 aromatic rings. The van der Waals surface area contributed by atoms with E-state index >= 15 is 0 Å². The first kappa shape index (κ1) is 27.7. The molecule has 0 spiro atoms. The van der Waals surface area contributed by atoms with Crippen LogP contribution in [0.5, 0.6) is 11.5 Å². The quantitative estimate of drug-likeness (QED) is 0.279. The summed E-state index contributed by atoms with van der Waals surface area (Å²) in [4.78, 5) is 12.5. The van der Waals surface area contributed by atoms with E-state index < -0.39 is 12.1 Å². The molecule has 0 bridgehead atoms. The first-order valence-corrected chi connectivity index (χ1v) is 13.5. The van der Waals surface area contributed by atoms with Crippen molar-refractivity contribution in [3.8, 4) is 17.2 Å². The maximum atomic E-state index is 11.1. The van der Waals surface area contributed by atoms with Crippen molar-refractivity contribution in [3.05, 3.63) is 81.9 Å². The van der Waals surface area contributed by atoms with Gasteiger partial charge in [-0.3, -0.25) is 4.79 Å². The fourth-order valence-corrected chi connectivity index (χ4v) is 5.43. The minimum absolute atomic E-state index is 0.165. The highest BCUT2D eigenvalue weighted by molar-refractivity contribution is 6.30. The molecule has 0 aliphatic carbocycles. The summed E-state index contributed by atoms with van der Waals surface area (Å²) < 4.78 is 20.6. The smallest absolute Gasteiger partial charge is 0.311 e. The first-order chi connectivity index (χ1) is 19.3. The Hall–Kier alpha value is -3.89. The standard InChI is InChI=1S/C29H32ClN5O5/c1-17(2)14-19-9-11-23-24(12-13-34-32-26(31-33-34)16-27(36)37)40-28(20-6-5-7-25(38-3)29(20)39-4)21-15-18(30)8-10-22(21)35(19)23/h5-11,15,17,24,28H,12-14,16H2,1-4H3,(H,36,37). The molecule has 10 nitrogen and oxygen atoms in total. The van der Waals surface area contributed by atoms with Gasteiger partial charge in [0, 0.05) is 28.3 Å². The van der Waals surface area contributed by atoms with E-state index in [1.807, 2.05) is 36.4 Å². The second-order valence-electron chi connectivity index (χ2n) is 10.1. The number of aliphatic carboxylic acids is 1. The highest BCUT2D eigenvalue weighted by Crippen LogP contribution is 2.47. The predicted octanol–water partition coefficient (Wildman–Crippen LogP) is 5.21. The van der Waals surface area contributed by atoms with Gasteiger partial charge in [-0.2, -0.15) is 4.80 Å². The van der Waals surface area contributed by atoms with E-state index in [2.05, 4.69) is 46.0 Å². The molecule has 40 heavy (non-hydrogen) atoms. The Morgan fingerprint density at radius 1 is 1.12 bits per heavy atom. The minimum Gasteiger partial charge on any atom is -0.493 e. The fourth-order valence-electron chi connectivity index (χ4n) is 5.25. The van der Waals surface area contributed by atoms with Gasteiger partial charge >= 0.3 is 5.97 Å². The second kappa shape index (κ2) is 11.7. The summed E-state index contributed by atoms with van der Waals surface area (Å²) in [6, 6.07) is 15.9. The summed E-state index contributed by atoms with van der Waals surface area (Å²) in [5, 5.41) is 21.8. The number of carboxylic acids is 1. The van der Waals surface area contributed by atoms with Crippen molar-refractivity contribution in [2.45, 2.75) is 51.9 Å². The number of ether oxygens (including phenoxy) is 3. The van der Waals surface area contributed by atoms with Crippen molar-refractivity contribution in [2.24, 2.45) is 5.92 Å². The number of halogens is 1. The predicted molar refractivity (Wildman–Crippen MR) is 148 cm³/mol. The molecule has 1 N–H and O–H groups in total. The number of carbonyl (C=O) groups is 1. The average molecular weight is 566 g/mol. The molecular formula is C29H32ClN5O5. The number of hydrogen-bond donors (Lipinski definition) is 1. The van der Waals surface area contributed by atoms with Crippen LogP contribution in [0.2, 0.25) is 5.02 Å². The SMILES string of the molecule is COc1cccc(C2OC(CCn3nnc(CC(=O)O)n3)c3ccc(CC(C)C)n3-c3ccc(Cl)cc32)c1OC. The number of carboxylic acid groups (broad SMARTS) is 1. The van der Waals surface area contributed by atoms with E-state index in [4.69, 9.17) is 30.9 Å². The van der Waals surface area contributed by atoms with Crippen molar-refractivity contribution in [1.82, 2.24) is 24.8 Å². The van der Waals surface area contributed by atoms with Crippen LogP contribution < -0.4 is 9.47 Å². The Bertz CT molecular complexity index is 1510. The zero-order valence-electron chi connectivity index (χ0n) is 22.9. The monoisotopic (exact) mass is 565 g/mol. The number of hydrogen-bond acceptors (Lipinski definition) is 7. The van der Waals surface area contributed by atoms with Crippen molar-refractivity contribution < 1.29 is 24.1 Å². The van der Waals surface area contributed by atoms with Gasteiger partial charge in [0.2, 0.25) is 0 Å². The minimum atomic E-state index is -1.01. The van der Waals surface area contributed by atoms with Crippen LogP contribution in [0, 0.1) is 5.92 Å². The molecule has 1 aliphatic rings. The third-order valence-electron chi connectivity index (χ3n) is 6.86. The Kier molecular flexibility index (Phi) is 8.09. The normalized spacial score (nSPS) is 16.4. The van der Waals surface area contributed by atoms with Crippen molar-refractivity contribution >= 4 is 17.6 Å². The second-order valence-corrected chi connectivity index (χ2v) is 10.6. The molecule has 5 rings (SSSR count). The number of aryl methyl sites for hydroxylation is 1. The van der Waals surface area contributed by atoms with Crippen molar-refractivity contribution in [2.75, 3.05) is 14.2 Å². The topological polar surface area (TPSA) is 114 Å². The largest absolute Gasteiger partial charge is 0.493 e. The number of benzene rings is 2. The number of tetrazole rings is 1. The van der Waals surface area contributed by atoms with Crippen LogP contribution in [0.25, 0.3) is 5.69 Å². The maximum Gasteiger partial charge on any atom is 0.311 e. The molecule has 2 atom stereocenters. The third-order valence-corrected chi connectivity index (χ3v) is 7.10. The van der Waals surface area contributed by atoms with Crippen LogP contribution in [0.3, 0.4) is 0 Å². The first-order valence-electron chi connectivity index (χ1n) is 13.1. The van der Waals surface area contributed by atoms with E-state index in [-0.39, 0.29) is 18.3 Å². The molecule has 2 aromatic heterocycles. The molecule has 2 aromatic carbocycles. The van der Waals surface area contributed by atoms with Gasteiger partial charge in [-0.25, -0.2) is 0 Å². The summed E-state index contributed by atoms with van der Waals surface area (Å²) in [5.41, 5.74) is 4.87. The van der Waals surface area contributed by atoms with Gasteiger partial charge in [-0.05, 0) is 54.0 Å². The lowest BCUT2D eigenvalue weighted by Gasteiger charge is -2.25. The Morgan fingerprint density at radius 2 is 1.95 bits per heavy atom. The summed E-state index contributed by atoms with van der Waals surface area (Å²) >= 11 is 6.57. The average Bonchev–Trinajstić information content (AvgIpc) is 3.51. The highest BCUT2D eigenvalue weighted by Gasteiger charge is 2.34. The number of rotatable bonds is 10. The fraction of sp³-hybridized carbons (Fsp3) is 0.379. The van der Waals surface area contributed by atoms with Gasteiger partial charge in [0.1, 0.15) is 18.6 Å². The zero-order valence-corrected chi connectivity index (χ0v) is 23.6. The Labute approximate surface area is 237 Å². The molecule has 210 valence electrons. The van der Waals surface area contributed by atoms with Gasteiger partial charge in [-0.1, -0.05) is 37.6 Å². The van der Waals surface area contributed by atoms with Crippen molar-refractivity contribution in [1.29, 1.82) is 0 Å². The van der Waals surface area contributed by atoms with E-state index in [0.717, 1.165) is 28.9 Å². The molecule has 0 saturated heterocycles. The van der Waals surface area contributed by atoms with E-state index in [9.17, 15) is 4.79 Å². The molecule has 0 radical (unpaired) electrons. The molecule has 11 heteroatoms. The number of nitrogens with zero attached hydrogens (tertiary/aromatic N) is 5. The number of methoxy groups -OCH3 is 2. The summed E-state index contributed by atoms with van der Waals surface area (Å²) in [7, 11) is 3.22. The van der Waals surface area contributed by atoms with Crippen LogP contribution in [-0.4, -0.2) is 50.1 Å². The molecule has 1 aliphatic heterocycles. The molecular weight excluding hydrogens is 534 g/mol. The molecule has 0 fully saturated rings. The molecule has 2 unspecified atom stereocenters. The molecule has 3 heterocycles. The molecule has 0 saturated carbocycles. The maximum absolute atomic E-state index is 11.1. The van der Waals surface area contributed by atoms with E-state index in [1.54, 1.807) is 14.2 Å². The highest BCUT2D eigenvalue weighted by atomic mass is 35.5. The van der Waals surface area contributed by atoms with E-state index in [0.29, 0.717) is 35.4 Å². The number of para-hydroxylation sites is 1. The lowest BCUT2D eigenvalue weighted by atomic mass is 9.98. The van der Waals surface area contributed by atoms with E-state index in [1.165, 1.54) is 10.5 Å². The zero-order chi connectivity index (χ0) is 28.4. The van der Waals surface area contributed by atoms with Gasteiger partial charge in [-0.15, -0.1) is 10.2 Å². The summed E-state index contributed by atoms with van der Waals surface area (Å²) in [5.74, 6) is 0.793. The Balaban J connectivity index is 1.62. The lowest BCUT2D eigenvalue weighted by molar-refractivity contribution is -0.136. The van der Waals surface area contributed by atoms with Gasteiger partial charge < -0.3 is 23.9 Å². The van der Waals surface area contributed by atoms with Gasteiger partial charge in [0.15, 0.2) is 17.3 Å². The van der Waals surface area contributed by atoms with Gasteiger partial charge in [0.25, 0.3) is 0 Å². The lowest BCUT2D eigenvalue weighted by Crippen LogP contribution is -2.15. The number of aromatic nitrogens is 5. The Morgan fingerprint density at radius 3 is 2.67 bits per heavy atom. The molecule has 0 amide bonds. The van der Waals surface area contributed by atoms with Crippen LogP contribution in [0.1, 0.15) is 60.8 Å². The van der Waals surface area contributed by atoms with Crippen LogP contribution in [0.15, 0.2) is 48.5 Å². The van der Waals surface area contributed by atoms with Crippen LogP contribution >= 0.6 is 11.6 Å². The van der Waals surface area contributed by atoms with Crippen molar-refractivity contribution in [3.63, 3.8) is 0 Å². The third kappa shape index (κ3) is 5.55. The summed E-state index contributed by atoms with van der Waals surface area (Å²) in [6.45, 7) is 4.77. The van der Waals surface area contributed by atoms with Crippen LogP contribution in [0.4, 0.5) is 0 Å². The number of fused-ring (bicyclic) bond motifs is 3. The van der Waals surface area contributed by atoms with Crippen LogP contribution in [-0.2, 0) is 28.9 Å². The van der Waals surface area contributed by atoms with Gasteiger partial charge in [0.05, 0.1) is 32.1 Å².